The van der Waals surface area contributed by atoms with Gasteiger partial charge in [0.2, 0.25) is 5.91 Å². The normalized spacial score (nSPS) is 16.4. The second-order valence-electron chi connectivity index (χ2n) is 8.50. The van der Waals surface area contributed by atoms with Gasteiger partial charge in [-0.25, -0.2) is 0 Å². The molecule has 0 saturated carbocycles. The Kier molecular flexibility index (Phi) is 7.80. The lowest BCUT2D eigenvalue weighted by Crippen LogP contribution is -2.32. The molecular formula is C25H26Cl2N2O4S. The molecule has 3 N–H and O–H groups in total. The van der Waals surface area contributed by atoms with Gasteiger partial charge >= 0.3 is 0 Å². The van der Waals surface area contributed by atoms with Gasteiger partial charge in [0.1, 0.15) is 5.02 Å². The average Bonchev–Trinajstić information content (AvgIpc) is 3.41. The third kappa shape index (κ3) is 5.09. The van der Waals surface area contributed by atoms with Crippen molar-refractivity contribution in [2.45, 2.75) is 38.3 Å². The summed E-state index contributed by atoms with van der Waals surface area (Å²) in [5.41, 5.74) is 7.69. The minimum atomic E-state index is -0.621. The molecule has 4 rings (SSSR count). The lowest BCUT2D eigenvalue weighted by atomic mass is 10.0. The molecule has 0 unspecified atom stereocenters. The molecule has 9 heteroatoms. The minimum Gasteiger partial charge on any atom is -0.505 e. The largest absolute Gasteiger partial charge is 0.505 e. The summed E-state index contributed by atoms with van der Waals surface area (Å²) in [6, 6.07) is 9.62. The molecule has 2 aromatic carbocycles. The van der Waals surface area contributed by atoms with Gasteiger partial charge in [-0.3, -0.25) is 14.5 Å². The number of Topliss-reactive ketones (excluding diaryl/α,β-unsaturated/α-hetero) is 1. The van der Waals surface area contributed by atoms with Crippen molar-refractivity contribution in [2.75, 3.05) is 20.3 Å². The number of likely N-dealkylation sites (tertiary alicyclic amines) is 1. The van der Waals surface area contributed by atoms with E-state index in [0.717, 1.165) is 31.7 Å². The molecular weight excluding hydrogens is 495 g/mol. The Morgan fingerprint density at radius 1 is 1.26 bits per heavy atom. The molecule has 0 spiro atoms. The van der Waals surface area contributed by atoms with Crippen LogP contribution in [0.2, 0.25) is 10.0 Å². The van der Waals surface area contributed by atoms with Crippen molar-refractivity contribution in [1.29, 1.82) is 0 Å². The van der Waals surface area contributed by atoms with Gasteiger partial charge in [0, 0.05) is 41.9 Å². The highest BCUT2D eigenvalue weighted by molar-refractivity contribution is 7.20. The fourth-order valence-corrected chi connectivity index (χ4v) is 6.33. The fourth-order valence-electron chi connectivity index (χ4n) is 4.53. The molecule has 0 aliphatic carbocycles. The predicted octanol–water partition coefficient (Wildman–Crippen LogP) is 5.44. The molecule has 1 aromatic heterocycles. The Balaban J connectivity index is 1.46. The maximum Gasteiger partial charge on any atom is 0.250 e. The van der Waals surface area contributed by atoms with Crippen LogP contribution < -0.4 is 5.73 Å². The van der Waals surface area contributed by atoms with Crippen LogP contribution in [0.3, 0.4) is 0 Å². The van der Waals surface area contributed by atoms with Crippen LogP contribution in [0, 0.1) is 0 Å². The van der Waals surface area contributed by atoms with Crippen molar-refractivity contribution in [2.24, 2.45) is 5.73 Å². The summed E-state index contributed by atoms with van der Waals surface area (Å²) in [4.78, 5) is 28.1. The number of benzene rings is 2. The van der Waals surface area contributed by atoms with E-state index in [1.165, 1.54) is 23.8 Å². The van der Waals surface area contributed by atoms with Gasteiger partial charge in [-0.05, 0) is 37.4 Å². The Bertz CT molecular complexity index is 1230. The molecule has 34 heavy (non-hydrogen) atoms. The zero-order valence-corrected chi connectivity index (χ0v) is 21.1. The monoisotopic (exact) mass is 520 g/mol. The number of fused-ring (bicyclic) bond motifs is 1. The van der Waals surface area contributed by atoms with Crippen LogP contribution in [0.4, 0.5) is 0 Å². The Morgan fingerprint density at radius 3 is 2.68 bits per heavy atom. The number of phenols is 1. The Labute approximate surface area is 212 Å². The maximum absolute atomic E-state index is 12.9. The van der Waals surface area contributed by atoms with E-state index in [1.54, 1.807) is 7.11 Å². The molecule has 6 nitrogen and oxygen atoms in total. The van der Waals surface area contributed by atoms with Crippen molar-refractivity contribution >= 4 is 56.3 Å². The van der Waals surface area contributed by atoms with Gasteiger partial charge in [0.25, 0.3) is 0 Å². The van der Waals surface area contributed by atoms with Crippen molar-refractivity contribution in [3.63, 3.8) is 0 Å². The number of hydrogen-bond donors (Lipinski definition) is 2. The molecule has 1 saturated heterocycles. The van der Waals surface area contributed by atoms with E-state index in [9.17, 15) is 14.7 Å². The molecule has 180 valence electrons. The molecule has 1 atom stereocenters. The number of carbonyl (C=O) groups is 2. The number of carbonyl (C=O) groups excluding carboxylic acids is 2. The molecule has 2 heterocycles. The minimum absolute atomic E-state index is 0.0233. The summed E-state index contributed by atoms with van der Waals surface area (Å²) in [6.45, 7) is 2.63. The number of thiophene rings is 1. The summed E-state index contributed by atoms with van der Waals surface area (Å²) in [5, 5.41) is 10.6. The van der Waals surface area contributed by atoms with Gasteiger partial charge in [0.05, 0.1) is 21.9 Å². The number of nitrogens with zero attached hydrogens (tertiary/aromatic N) is 1. The standard InChI is InChI=1S/C25H26Cl2N2O4S/c1-33-13-16-3-2-10-29(16)12-14-4-6-15(7-5-14)19(30)8-9-20-21(25(28)32)17-11-18(26)23(31)22(27)24(17)34-20/h4-7,11,16,31H,2-3,8-10,12-13H2,1H3,(H2,28,32)/t16-/m0/s1. The van der Waals surface area contributed by atoms with E-state index in [-0.39, 0.29) is 28.0 Å². The van der Waals surface area contributed by atoms with E-state index < -0.39 is 5.91 Å². The van der Waals surface area contributed by atoms with E-state index in [2.05, 4.69) is 4.90 Å². The first-order chi connectivity index (χ1) is 16.3. The highest BCUT2D eigenvalue weighted by Gasteiger charge is 2.25. The molecule has 0 radical (unpaired) electrons. The molecule has 0 bridgehead atoms. The number of nitrogens with two attached hydrogens (primary N) is 1. The predicted molar refractivity (Wildman–Crippen MR) is 136 cm³/mol. The van der Waals surface area contributed by atoms with E-state index >= 15 is 0 Å². The number of phenolic OH excluding ortho intramolecular Hbond substituents is 1. The fraction of sp³-hybridized carbons (Fsp3) is 0.360. The number of hydrogen-bond acceptors (Lipinski definition) is 6. The number of ketones is 1. The first-order valence-corrected chi connectivity index (χ1v) is 12.6. The van der Waals surface area contributed by atoms with Crippen LogP contribution in [-0.4, -0.2) is 48.0 Å². The number of methoxy groups -OCH3 is 1. The molecule has 1 aliphatic rings. The highest BCUT2D eigenvalue weighted by Crippen LogP contribution is 2.44. The van der Waals surface area contributed by atoms with Gasteiger partial charge in [-0.15, -0.1) is 11.3 Å². The first-order valence-electron chi connectivity index (χ1n) is 11.1. The number of amides is 1. The second kappa shape index (κ2) is 10.6. The zero-order valence-electron chi connectivity index (χ0n) is 18.8. The smallest absolute Gasteiger partial charge is 0.250 e. The SMILES string of the molecule is COC[C@@H]1CCCN1Cc1ccc(C(=O)CCc2sc3c(Cl)c(O)c(Cl)cc3c2C(N)=O)cc1. The Morgan fingerprint density at radius 2 is 2.00 bits per heavy atom. The number of ether oxygens (including phenoxy) is 1. The number of primary amides is 1. The second-order valence-corrected chi connectivity index (χ2v) is 10.4. The van der Waals surface area contributed by atoms with Crippen LogP contribution >= 0.6 is 34.5 Å². The van der Waals surface area contributed by atoms with Gasteiger partial charge in [-0.1, -0.05) is 47.5 Å². The van der Waals surface area contributed by atoms with Crippen LogP contribution in [0.5, 0.6) is 5.75 Å². The van der Waals surface area contributed by atoms with Gasteiger partial charge < -0.3 is 15.6 Å². The van der Waals surface area contributed by atoms with E-state index in [1.807, 2.05) is 24.3 Å². The first kappa shape index (κ1) is 24.9. The summed E-state index contributed by atoms with van der Waals surface area (Å²) in [5.74, 6) is -0.882. The van der Waals surface area contributed by atoms with Gasteiger partial charge in [0.15, 0.2) is 11.5 Å². The highest BCUT2D eigenvalue weighted by atomic mass is 35.5. The zero-order chi connectivity index (χ0) is 24.4. The van der Waals surface area contributed by atoms with Crippen molar-refractivity contribution < 1.29 is 19.4 Å². The Hall–Kier alpha value is -2.16. The number of aryl methyl sites for hydroxylation is 1. The van der Waals surface area contributed by atoms with Crippen LogP contribution in [-0.2, 0) is 17.7 Å². The van der Waals surface area contributed by atoms with Crippen LogP contribution in [0.1, 0.15) is 50.4 Å². The maximum atomic E-state index is 12.9. The third-order valence-corrected chi connectivity index (χ3v) is 8.32. The van der Waals surface area contributed by atoms with E-state index in [4.69, 9.17) is 33.7 Å². The number of rotatable bonds is 9. The number of aromatic hydroxyl groups is 1. The van der Waals surface area contributed by atoms with Crippen molar-refractivity contribution in [3.8, 4) is 5.75 Å². The quantitative estimate of drug-likeness (QED) is 0.366. The van der Waals surface area contributed by atoms with E-state index in [0.29, 0.717) is 38.6 Å². The summed E-state index contributed by atoms with van der Waals surface area (Å²) in [7, 11) is 1.73. The van der Waals surface area contributed by atoms with Gasteiger partial charge in [-0.2, -0.15) is 0 Å². The summed E-state index contributed by atoms with van der Waals surface area (Å²) >= 11 is 13.5. The molecule has 1 amide bonds. The number of halogens is 2. The van der Waals surface area contributed by atoms with Crippen LogP contribution in [0.25, 0.3) is 10.1 Å². The summed E-state index contributed by atoms with van der Waals surface area (Å²) in [6.07, 6.45) is 2.87. The third-order valence-electron chi connectivity index (χ3n) is 6.27. The summed E-state index contributed by atoms with van der Waals surface area (Å²) < 4.78 is 5.85. The molecule has 1 fully saturated rings. The van der Waals surface area contributed by atoms with Crippen molar-refractivity contribution in [1.82, 2.24) is 4.90 Å². The molecule has 3 aromatic rings. The molecule has 1 aliphatic heterocycles. The topological polar surface area (TPSA) is 92.9 Å². The lowest BCUT2D eigenvalue weighted by Gasteiger charge is -2.23. The average molecular weight is 521 g/mol. The van der Waals surface area contributed by atoms with Crippen LogP contribution in [0.15, 0.2) is 30.3 Å². The van der Waals surface area contributed by atoms with Crippen molar-refractivity contribution in [3.05, 3.63) is 61.9 Å². The lowest BCUT2D eigenvalue weighted by molar-refractivity contribution is 0.0975.